The highest BCUT2D eigenvalue weighted by atomic mass is 32.1. The fraction of sp³-hybridized carbons (Fsp3) is 0.588. The SMILES string of the molecule is C[C@H]1CCc2c(sc3ncn(CC(=O)N4CCCC4)c(=O)c23)C1. The van der Waals surface area contributed by atoms with E-state index in [1.807, 2.05) is 4.90 Å². The summed E-state index contributed by atoms with van der Waals surface area (Å²) < 4.78 is 1.49. The first-order valence-electron chi connectivity index (χ1n) is 8.41. The molecule has 122 valence electrons. The van der Waals surface area contributed by atoms with Gasteiger partial charge in [0.05, 0.1) is 11.7 Å². The third-order valence-electron chi connectivity index (χ3n) is 5.05. The first-order valence-corrected chi connectivity index (χ1v) is 9.22. The number of aromatic nitrogens is 2. The summed E-state index contributed by atoms with van der Waals surface area (Å²) in [5.41, 5.74) is 1.14. The average Bonchev–Trinajstić information content (AvgIpc) is 3.16. The zero-order valence-corrected chi connectivity index (χ0v) is 14.2. The zero-order chi connectivity index (χ0) is 16.0. The van der Waals surface area contributed by atoms with Crippen LogP contribution in [0.15, 0.2) is 11.1 Å². The van der Waals surface area contributed by atoms with Gasteiger partial charge in [-0.25, -0.2) is 4.98 Å². The topological polar surface area (TPSA) is 55.2 Å². The van der Waals surface area contributed by atoms with E-state index < -0.39 is 0 Å². The van der Waals surface area contributed by atoms with Crippen molar-refractivity contribution in [1.82, 2.24) is 14.5 Å². The molecule has 2 aromatic heterocycles. The number of aryl methyl sites for hydroxylation is 1. The molecule has 0 bridgehead atoms. The van der Waals surface area contributed by atoms with Crippen molar-refractivity contribution in [1.29, 1.82) is 0 Å². The number of carbonyl (C=O) groups is 1. The van der Waals surface area contributed by atoms with Crippen LogP contribution in [0, 0.1) is 5.92 Å². The molecule has 0 radical (unpaired) electrons. The van der Waals surface area contributed by atoms with E-state index in [4.69, 9.17) is 0 Å². The fourth-order valence-corrected chi connectivity index (χ4v) is 5.03. The Kier molecular flexibility index (Phi) is 3.71. The smallest absolute Gasteiger partial charge is 0.262 e. The number of nitrogens with zero attached hydrogens (tertiary/aromatic N) is 3. The largest absolute Gasteiger partial charge is 0.341 e. The number of rotatable bonds is 2. The van der Waals surface area contributed by atoms with Gasteiger partial charge in [-0.2, -0.15) is 0 Å². The summed E-state index contributed by atoms with van der Waals surface area (Å²) >= 11 is 1.65. The van der Waals surface area contributed by atoms with Gasteiger partial charge in [-0.05, 0) is 43.6 Å². The van der Waals surface area contributed by atoms with Crippen LogP contribution in [0.25, 0.3) is 10.2 Å². The van der Waals surface area contributed by atoms with Crippen molar-refractivity contribution in [2.24, 2.45) is 5.92 Å². The second-order valence-electron chi connectivity index (χ2n) is 6.80. The van der Waals surface area contributed by atoms with Crippen molar-refractivity contribution in [3.05, 3.63) is 27.1 Å². The van der Waals surface area contributed by atoms with Crippen molar-refractivity contribution in [2.45, 2.75) is 45.6 Å². The molecule has 4 rings (SSSR count). The molecule has 2 aromatic rings. The molecule has 0 aromatic carbocycles. The fourth-order valence-electron chi connectivity index (χ4n) is 3.69. The lowest BCUT2D eigenvalue weighted by Crippen LogP contribution is -2.34. The van der Waals surface area contributed by atoms with Crippen LogP contribution in [-0.2, 0) is 24.2 Å². The third-order valence-corrected chi connectivity index (χ3v) is 6.21. The van der Waals surface area contributed by atoms with Crippen molar-refractivity contribution >= 4 is 27.5 Å². The maximum absolute atomic E-state index is 12.9. The summed E-state index contributed by atoms with van der Waals surface area (Å²) in [5, 5.41) is 0.758. The number of hydrogen-bond donors (Lipinski definition) is 0. The van der Waals surface area contributed by atoms with Crippen LogP contribution in [0.3, 0.4) is 0 Å². The van der Waals surface area contributed by atoms with E-state index in [2.05, 4.69) is 11.9 Å². The van der Waals surface area contributed by atoms with E-state index in [1.54, 1.807) is 17.7 Å². The van der Waals surface area contributed by atoms with Gasteiger partial charge in [0.1, 0.15) is 11.4 Å². The molecular formula is C17H21N3O2S. The van der Waals surface area contributed by atoms with Gasteiger partial charge >= 0.3 is 0 Å². The first-order chi connectivity index (χ1) is 11.1. The molecule has 1 aliphatic heterocycles. The van der Waals surface area contributed by atoms with E-state index in [9.17, 15) is 9.59 Å². The van der Waals surface area contributed by atoms with Crippen LogP contribution in [0.4, 0.5) is 0 Å². The van der Waals surface area contributed by atoms with Crippen molar-refractivity contribution in [3.63, 3.8) is 0 Å². The van der Waals surface area contributed by atoms with E-state index in [1.165, 1.54) is 15.0 Å². The summed E-state index contributed by atoms with van der Waals surface area (Å²) in [6.45, 7) is 4.00. The predicted octanol–water partition coefficient (Wildman–Crippen LogP) is 2.21. The summed E-state index contributed by atoms with van der Waals surface area (Å²) in [6.07, 6.45) is 6.80. The Morgan fingerprint density at radius 3 is 2.96 bits per heavy atom. The van der Waals surface area contributed by atoms with Crippen LogP contribution < -0.4 is 5.56 Å². The molecule has 1 aliphatic carbocycles. The van der Waals surface area contributed by atoms with Gasteiger partial charge in [-0.15, -0.1) is 11.3 Å². The number of hydrogen-bond acceptors (Lipinski definition) is 4. The molecule has 23 heavy (non-hydrogen) atoms. The lowest BCUT2D eigenvalue weighted by molar-refractivity contribution is -0.130. The lowest BCUT2D eigenvalue weighted by atomic mass is 9.89. The summed E-state index contributed by atoms with van der Waals surface area (Å²) in [7, 11) is 0. The Bertz CT molecular complexity index is 817. The van der Waals surface area contributed by atoms with Gasteiger partial charge in [0.15, 0.2) is 0 Å². The summed E-state index contributed by atoms with van der Waals surface area (Å²) in [4.78, 5) is 33.6. The maximum atomic E-state index is 12.9. The maximum Gasteiger partial charge on any atom is 0.262 e. The quantitative estimate of drug-likeness (QED) is 0.848. The van der Waals surface area contributed by atoms with Crippen LogP contribution in [0.2, 0.25) is 0 Å². The molecule has 0 saturated carbocycles. The van der Waals surface area contributed by atoms with E-state index >= 15 is 0 Å². The molecule has 1 amide bonds. The van der Waals surface area contributed by atoms with E-state index in [0.29, 0.717) is 5.92 Å². The van der Waals surface area contributed by atoms with Crippen molar-refractivity contribution in [3.8, 4) is 0 Å². The minimum absolute atomic E-state index is 0.0310. The molecule has 6 heteroatoms. The molecule has 0 spiro atoms. The highest BCUT2D eigenvalue weighted by Crippen LogP contribution is 2.35. The summed E-state index contributed by atoms with van der Waals surface area (Å²) in [5.74, 6) is 0.706. The highest BCUT2D eigenvalue weighted by Gasteiger charge is 2.24. The molecule has 1 fully saturated rings. The standard InChI is InChI=1S/C17H21N3O2S/c1-11-4-5-12-13(8-11)23-16-15(12)17(22)20(10-18-16)9-14(21)19-6-2-3-7-19/h10-11H,2-9H2,1H3/t11-/m0/s1. The lowest BCUT2D eigenvalue weighted by Gasteiger charge is -2.18. The molecule has 3 heterocycles. The van der Waals surface area contributed by atoms with Crippen LogP contribution >= 0.6 is 11.3 Å². The molecule has 1 saturated heterocycles. The zero-order valence-electron chi connectivity index (χ0n) is 13.4. The molecule has 0 N–H and O–H groups in total. The Hall–Kier alpha value is -1.69. The molecular weight excluding hydrogens is 310 g/mol. The number of likely N-dealkylation sites (tertiary alicyclic amines) is 1. The van der Waals surface area contributed by atoms with Crippen molar-refractivity contribution in [2.75, 3.05) is 13.1 Å². The highest BCUT2D eigenvalue weighted by molar-refractivity contribution is 7.18. The minimum Gasteiger partial charge on any atom is -0.341 e. The van der Waals surface area contributed by atoms with Gasteiger partial charge in [0.25, 0.3) is 5.56 Å². The number of fused-ring (bicyclic) bond motifs is 3. The van der Waals surface area contributed by atoms with Gasteiger partial charge in [0.2, 0.25) is 5.91 Å². The van der Waals surface area contributed by atoms with E-state index in [0.717, 1.165) is 55.4 Å². The third kappa shape index (κ3) is 2.59. The van der Waals surface area contributed by atoms with Gasteiger partial charge in [-0.3, -0.25) is 14.2 Å². The first kappa shape index (κ1) is 14.9. The summed E-state index contributed by atoms with van der Waals surface area (Å²) in [6, 6.07) is 0. The second-order valence-corrected chi connectivity index (χ2v) is 7.88. The average molecular weight is 331 g/mol. The monoisotopic (exact) mass is 331 g/mol. The number of thiophene rings is 1. The Morgan fingerprint density at radius 1 is 1.39 bits per heavy atom. The number of amides is 1. The second kappa shape index (κ2) is 5.74. The molecule has 1 atom stereocenters. The van der Waals surface area contributed by atoms with Crippen LogP contribution in [0.1, 0.15) is 36.6 Å². The Labute approximate surface area is 138 Å². The molecule has 5 nitrogen and oxygen atoms in total. The van der Waals surface area contributed by atoms with Crippen LogP contribution in [-0.4, -0.2) is 33.4 Å². The minimum atomic E-state index is -0.0467. The number of carbonyl (C=O) groups excluding carboxylic acids is 1. The molecule has 0 unspecified atom stereocenters. The molecule has 2 aliphatic rings. The van der Waals surface area contributed by atoms with Crippen molar-refractivity contribution < 1.29 is 4.79 Å². The predicted molar refractivity (Wildman–Crippen MR) is 90.9 cm³/mol. The van der Waals surface area contributed by atoms with Gasteiger partial charge in [-0.1, -0.05) is 6.92 Å². The van der Waals surface area contributed by atoms with E-state index in [-0.39, 0.29) is 18.0 Å². The van der Waals surface area contributed by atoms with Crippen LogP contribution in [0.5, 0.6) is 0 Å². The normalized spacial score (nSPS) is 20.9. The van der Waals surface area contributed by atoms with Gasteiger partial charge in [0, 0.05) is 18.0 Å². The Morgan fingerprint density at radius 2 is 2.17 bits per heavy atom. The van der Waals surface area contributed by atoms with Gasteiger partial charge < -0.3 is 4.90 Å². The Balaban J connectivity index is 1.70.